The van der Waals surface area contributed by atoms with Crippen molar-refractivity contribution < 1.29 is 14.4 Å². The number of benzene rings is 1. The normalized spacial score (nSPS) is 11.7. The first kappa shape index (κ1) is 20.4. The van der Waals surface area contributed by atoms with Crippen LogP contribution in [0.2, 0.25) is 0 Å². The molecule has 0 aliphatic rings. The Morgan fingerprint density at radius 1 is 1.15 bits per heavy atom. The van der Waals surface area contributed by atoms with Gasteiger partial charge in [0, 0.05) is 25.4 Å². The number of aromatic amines is 1. The van der Waals surface area contributed by atoms with E-state index in [0.717, 1.165) is 5.56 Å². The third-order valence-corrected chi connectivity index (χ3v) is 4.61. The topological polar surface area (TPSA) is 82.3 Å². The molecule has 0 aliphatic carbocycles. The van der Waals surface area contributed by atoms with Crippen molar-refractivity contribution in [1.82, 2.24) is 15.2 Å². The van der Waals surface area contributed by atoms with E-state index in [1.807, 2.05) is 37.3 Å². The summed E-state index contributed by atoms with van der Waals surface area (Å²) in [7, 11) is 3.38. The molecular weight excluding hydrogens is 342 g/mol. The molecule has 0 radical (unpaired) electrons. The third-order valence-electron chi connectivity index (χ3n) is 4.61. The number of amides is 2. The number of ketones is 1. The lowest BCUT2D eigenvalue weighted by Gasteiger charge is -2.21. The predicted molar refractivity (Wildman–Crippen MR) is 105 cm³/mol. The molecule has 1 aromatic carbocycles. The van der Waals surface area contributed by atoms with Crippen molar-refractivity contribution in [3.63, 3.8) is 0 Å². The fourth-order valence-electron chi connectivity index (χ4n) is 3.23. The van der Waals surface area contributed by atoms with Gasteiger partial charge >= 0.3 is 0 Å². The number of carbonyl (C=O) groups excluding carboxylic acids is 3. The van der Waals surface area contributed by atoms with Gasteiger partial charge < -0.3 is 15.2 Å². The van der Waals surface area contributed by atoms with Crippen molar-refractivity contribution in [3.8, 4) is 0 Å². The quantitative estimate of drug-likeness (QED) is 0.736. The van der Waals surface area contributed by atoms with Crippen molar-refractivity contribution in [1.29, 1.82) is 0 Å². The second-order valence-electron chi connectivity index (χ2n) is 6.82. The van der Waals surface area contributed by atoms with Crippen LogP contribution >= 0.6 is 0 Å². The maximum atomic E-state index is 13.0. The number of carbonyl (C=O) groups is 3. The zero-order valence-electron chi connectivity index (χ0n) is 16.6. The smallest absolute Gasteiger partial charge is 0.268 e. The number of aromatic nitrogens is 1. The van der Waals surface area contributed by atoms with Crippen LogP contribution in [0.25, 0.3) is 0 Å². The van der Waals surface area contributed by atoms with Crippen LogP contribution in [0.15, 0.2) is 30.3 Å². The standard InChI is InChI=1S/C21H27N3O3/c1-6-16-19(14(3)25)13(2)22-20(16)21(27)23-17(12-18(26)24(4)5)15-10-8-7-9-11-15/h7-11,17,22H,6,12H2,1-5H3,(H,23,27)/t17-/m0/s1. The first-order valence-corrected chi connectivity index (χ1v) is 9.04. The van der Waals surface area contributed by atoms with Gasteiger partial charge in [-0.25, -0.2) is 0 Å². The van der Waals surface area contributed by atoms with E-state index >= 15 is 0 Å². The largest absolute Gasteiger partial charge is 0.354 e. The fourth-order valence-corrected chi connectivity index (χ4v) is 3.23. The van der Waals surface area contributed by atoms with Gasteiger partial charge in [-0.1, -0.05) is 37.3 Å². The molecule has 0 aliphatic heterocycles. The van der Waals surface area contributed by atoms with Gasteiger partial charge in [0.15, 0.2) is 5.78 Å². The van der Waals surface area contributed by atoms with E-state index in [1.54, 1.807) is 21.0 Å². The summed E-state index contributed by atoms with van der Waals surface area (Å²) < 4.78 is 0. The van der Waals surface area contributed by atoms with E-state index in [2.05, 4.69) is 10.3 Å². The van der Waals surface area contributed by atoms with Gasteiger partial charge in [-0.15, -0.1) is 0 Å². The number of nitrogens with zero attached hydrogens (tertiary/aromatic N) is 1. The summed E-state index contributed by atoms with van der Waals surface area (Å²) in [5.41, 5.74) is 3.21. The number of nitrogens with one attached hydrogen (secondary N) is 2. The molecular formula is C21H27N3O3. The molecule has 0 saturated carbocycles. The van der Waals surface area contributed by atoms with Crippen LogP contribution in [-0.4, -0.2) is 41.6 Å². The Hall–Kier alpha value is -2.89. The summed E-state index contributed by atoms with van der Waals surface area (Å²) in [5, 5.41) is 2.96. The van der Waals surface area contributed by atoms with Crippen molar-refractivity contribution in [2.75, 3.05) is 14.1 Å². The highest BCUT2D eigenvalue weighted by Gasteiger charge is 2.25. The summed E-state index contributed by atoms with van der Waals surface area (Å²) in [6.45, 7) is 5.20. The molecule has 6 nitrogen and oxygen atoms in total. The average molecular weight is 369 g/mol. The lowest BCUT2D eigenvalue weighted by atomic mass is 10.0. The Bertz CT molecular complexity index is 838. The van der Waals surface area contributed by atoms with Crippen LogP contribution in [0.5, 0.6) is 0 Å². The monoisotopic (exact) mass is 369 g/mol. The molecule has 0 bridgehead atoms. The van der Waals surface area contributed by atoms with E-state index in [0.29, 0.717) is 28.9 Å². The summed E-state index contributed by atoms with van der Waals surface area (Å²) in [6.07, 6.45) is 0.720. The van der Waals surface area contributed by atoms with Gasteiger partial charge in [-0.2, -0.15) is 0 Å². The lowest BCUT2D eigenvalue weighted by Crippen LogP contribution is -2.34. The molecule has 27 heavy (non-hydrogen) atoms. The fraction of sp³-hybridized carbons (Fsp3) is 0.381. The van der Waals surface area contributed by atoms with Crippen molar-refractivity contribution >= 4 is 17.6 Å². The van der Waals surface area contributed by atoms with Crippen molar-refractivity contribution in [2.24, 2.45) is 0 Å². The van der Waals surface area contributed by atoms with E-state index in [9.17, 15) is 14.4 Å². The number of Topliss-reactive ketones (excluding diaryl/α,β-unsaturated/α-hetero) is 1. The second kappa shape index (κ2) is 8.66. The van der Waals surface area contributed by atoms with Crippen molar-refractivity contribution in [3.05, 3.63) is 58.4 Å². The molecule has 2 rings (SSSR count). The van der Waals surface area contributed by atoms with E-state index < -0.39 is 6.04 Å². The summed E-state index contributed by atoms with van der Waals surface area (Å²) >= 11 is 0. The Morgan fingerprint density at radius 3 is 2.30 bits per heavy atom. The lowest BCUT2D eigenvalue weighted by molar-refractivity contribution is -0.129. The minimum atomic E-state index is -0.456. The minimum Gasteiger partial charge on any atom is -0.354 e. The van der Waals surface area contributed by atoms with Crippen molar-refractivity contribution in [2.45, 2.75) is 39.7 Å². The maximum Gasteiger partial charge on any atom is 0.268 e. The van der Waals surface area contributed by atoms with Gasteiger partial charge in [-0.05, 0) is 31.4 Å². The number of H-pyrrole nitrogens is 1. The molecule has 144 valence electrons. The van der Waals surface area contributed by atoms with Gasteiger partial charge in [0.25, 0.3) is 5.91 Å². The van der Waals surface area contributed by atoms with Crippen LogP contribution in [0.3, 0.4) is 0 Å². The van der Waals surface area contributed by atoms with Crippen LogP contribution < -0.4 is 5.32 Å². The molecule has 1 atom stereocenters. The SMILES string of the molecule is CCc1c(C(=O)N[C@@H](CC(=O)N(C)C)c2ccccc2)[nH]c(C)c1C(C)=O. The number of rotatable bonds is 7. The zero-order chi connectivity index (χ0) is 20.1. The van der Waals surface area contributed by atoms with E-state index in [-0.39, 0.29) is 24.0 Å². The van der Waals surface area contributed by atoms with Gasteiger partial charge in [-0.3, -0.25) is 14.4 Å². The van der Waals surface area contributed by atoms with Crippen LogP contribution in [0.4, 0.5) is 0 Å². The molecule has 6 heteroatoms. The Labute approximate surface area is 160 Å². The summed E-state index contributed by atoms with van der Waals surface area (Å²) in [6, 6.07) is 8.95. The van der Waals surface area contributed by atoms with Gasteiger partial charge in [0.1, 0.15) is 5.69 Å². The molecule has 2 aromatic rings. The average Bonchev–Trinajstić information content (AvgIpc) is 2.98. The molecule has 0 unspecified atom stereocenters. The number of aryl methyl sites for hydroxylation is 1. The minimum absolute atomic E-state index is 0.0676. The Kier molecular flexibility index (Phi) is 6.55. The molecule has 0 fully saturated rings. The van der Waals surface area contributed by atoms with Crippen LogP contribution in [-0.2, 0) is 11.2 Å². The third kappa shape index (κ3) is 4.64. The highest BCUT2D eigenvalue weighted by atomic mass is 16.2. The molecule has 1 aromatic heterocycles. The van der Waals surface area contributed by atoms with Gasteiger partial charge in [0.05, 0.1) is 12.5 Å². The second-order valence-corrected chi connectivity index (χ2v) is 6.82. The highest BCUT2D eigenvalue weighted by Crippen LogP contribution is 2.23. The molecule has 2 amide bonds. The number of hydrogen-bond acceptors (Lipinski definition) is 3. The van der Waals surface area contributed by atoms with Gasteiger partial charge in [0.2, 0.25) is 5.91 Å². The molecule has 2 N–H and O–H groups in total. The predicted octanol–water partition coefficient (Wildman–Crippen LogP) is 3.04. The van der Waals surface area contributed by atoms with Crippen LogP contribution in [0, 0.1) is 6.92 Å². The summed E-state index contributed by atoms with van der Waals surface area (Å²) in [4.78, 5) is 41.7. The van der Waals surface area contributed by atoms with E-state index in [1.165, 1.54) is 11.8 Å². The Balaban J connectivity index is 2.35. The summed E-state index contributed by atoms with van der Waals surface area (Å²) in [5.74, 6) is -0.461. The first-order valence-electron chi connectivity index (χ1n) is 9.04. The molecule has 0 spiro atoms. The van der Waals surface area contributed by atoms with Crippen LogP contribution in [0.1, 0.15) is 64.0 Å². The molecule has 1 heterocycles. The van der Waals surface area contributed by atoms with E-state index in [4.69, 9.17) is 0 Å². The number of hydrogen-bond donors (Lipinski definition) is 2. The molecule has 0 saturated heterocycles. The highest BCUT2D eigenvalue weighted by molar-refractivity contribution is 6.02. The zero-order valence-corrected chi connectivity index (χ0v) is 16.6. The maximum absolute atomic E-state index is 13.0. The Morgan fingerprint density at radius 2 is 1.78 bits per heavy atom. The first-order chi connectivity index (χ1) is 12.8.